The van der Waals surface area contributed by atoms with Crippen LogP contribution in [0.5, 0.6) is 0 Å². The molecule has 0 saturated heterocycles. The minimum atomic E-state index is 0.560. The third-order valence-electron chi connectivity index (χ3n) is 6.16. The van der Waals surface area contributed by atoms with E-state index >= 15 is 0 Å². The molecule has 1 heteroatoms. The second-order valence-corrected chi connectivity index (χ2v) is 9.76. The van der Waals surface area contributed by atoms with E-state index in [1.165, 1.54) is 33.4 Å². The van der Waals surface area contributed by atoms with Gasteiger partial charge in [0, 0.05) is 0 Å². The van der Waals surface area contributed by atoms with Crippen molar-refractivity contribution in [2.75, 3.05) is 0 Å². The third-order valence-corrected chi connectivity index (χ3v) is 6.16. The van der Waals surface area contributed by atoms with Crippen LogP contribution in [0.2, 0.25) is 0 Å². The molecule has 188 valence electrons. The van der Waals surface area contributed by atoms with Gasteiger partial charge in [-0.15, -0.1) is 38.1 Å². The molecule has 0 N–H and O–H groups in total. The van der Waals surface area contributed by atoms with Crippen LogP contribution in [0.3, 0.4) is 0 Å². The van der Waals surface area contributed by atoms with E-state index in [1.807, 2.05) is 91.9 Å². The van der Waals surface area contributed by atoms with Gasteiger partial charge >= 0.3 is 31.2 Å². The Bertz CT molecular complexity index is 920. The minimum absolute atomic E-state index is 0.560. The maximum absolute atomic E-state index is 3.72. The average Bonchev–Trinajstić information content (AvgIpc) is 3.19. The number of rotatable bonds is 0. The summed E-state index contributed by atoms with van der Waals surface area (Å²) in [5.74, 6) is 1.12. The van der Waals surface area contributed by atoms with E-state index in [0.29, 0.717) is 11.8 Å². The van der Waals surface area contributed by atoms with E-state index in [1.54, 1.807) is 0 Å². The Morgan fingerprint density at radius 2 is 0.886 bits per heavy atom. The first-order chi connectivity index (χ1) is 16.5. The molecule has 0 heterocycles. The van der Waals surface area contributed by atoms with Crippen LogP contribution in [0.1, 0.15) is 73.4 Å². The van der Waals surface area contributed by atoms with Crippen molar-refractivity contribution in [2.45, 2.75) is 62.3 Å². The Kier molecular flexibility index (Phi) is 16.9. The second kappa shape index (κ2) is 18.1. The zero-order valence-electron chi connectivity index (χ0n) is 23.4. The Hall–Kier alpha value is -2.28. The van der Waals surface area contributed by atoms with Crippen molar-refractivity contribution in [1.29, 1.82) is 0 Å². The predicted octanol–water partition coefficient (Wildman–Crippen LogP) is 9.54. The average molecular weight is 501 g/mol. The summed E-state index contributed by atoms with van der Waals surface area (Å²) in [4.78, 5) is 0. The molecule has 0 saturated carbocycles. The topological polar surface area (TPSA) is 0 Å². The predicted molar refractivity (Wildman–Crippen MR) is 153 cm³/mol. The third kappa shape index (κ3) is 13.4. The Morgan fingerprint density at radius 3 is 0.971 bits per heavy atom. The molecule has 0 aromatic heterocycles. The number of benzene rings is 2. The fourth-order valence-corrected chi connectivity index (χ4v) is 3.28. The Morgan fingerprint density at radius 1 is 0.629 bits per heavy atom. The number of allylic oxidation sites excluding steroid dienone is 8. The van der Waals surface area contributed by atoms with Gasteiger partial charge in [-0.3, -0.25) is 12.2 Å². The van der Waals surface area contributed by atoms with Crippen LogP contribution in [-0.4, -0.2) is 4.31 Å². The summed E-state index contributed by atoms with van der Waals surface area (Å²) >= 11 is 2.00. The van der Waals surface area contributed by atoms with E-state index < -0.39 is 0 Å². The van der Waals surface area contributed by atoms with E-state index in [9.17, 15) is 0 Å². The molecule has 4 rings (SSSR count). The van der Waals surface area contributed by atoms with E-state index in [2.05, 4.69) is 81.4 Å². The molecule has 0 fully saturated rings. The van der Waals surface area contributed by atoms with Gasteiger partial charge in [0.15, 0.2) is 0 Å². The number of hydrogen-bond donors (Lipinski definition) is 0. The summed E-state index contributed by atoms with van der Waals surface area (Å²) in [6.07, 6.45) is 6.72. The SMILES string of the molecule is CC1=[C-]C(C)C(C)=C1C.CC1=[C-]C(C)C(C)=C1C.C[CH]=[Ti].[CH2-]c1ccccc1.[CH2-]c1ccccc1. The summed E-state index contributed by atoms with van der Waals surface area (Å²) < 4.78 is 2.00. The Labute approximate surface area is 228 Å². The van der Waals surface area contributed by atoms with Gasteiger partial charge in [-0.1, -0.05) is 65.5 Å². The molecule has 2 atom stereocenters. The first-order valence-corrected chi connectivity index (χ1v) is 13.1. The smallest absolute Gasteiger partial charge is 0.0866 e. The maximum Gasteiger partial charge on any atom is -0.0866 e. The molecule has 0 radical (unpaired) electrons. The standard InChI is InChI=1S/2C9H13.2C7H7.C2H4.Ti/c2*1-6-5-7(2)9(4)8(6)3;2*1-7-5-3-2-4-6-7;1-2;/h2*6H,1-4H3;2*2-6H,1H2;1H,2H3;/q4*-1;;. The van der Waals surface area contributed by atoms with Crippen molar-refractivity contribution in [2.24, 2.45) is 11.8 Å². The molecule has 2 aliphatic rings. The second-order valence-electron chi connectivity index (χ2n) is 8.86. The van der Waals surface area contributed by atoms with E-state index in [0.717, 1.165) is 11.1 Å². The summed E-state index contributed by atoms with van der Waals surface area (Å²) in [5, 5.41) is 0. The van der Waals surface area contributed by atoms with Gasteiger partial charge in [0.2, 0.25) is 0 Å². The van der Waals surface area contributed by atoms with Crippen LogP contribution in [0, 0.1) is 37.8 Å². The quantitative estimate of drug-likeness (QED) is 0.250. The monoisotopic (exact) mass is 500 g/mol. The van der Waals surface area contributed by atoms with Gasteiger partial charge in [0.25, 0.3) is 0 Å². The van der Waals surface area contributed by atoms with Crippen molar-refractivity contribution in [1.82, 2.24) is 0 Å². The van der Waals surface area contributed by atoms with Gasteiger partial charge < -0.3 is 0 Å². The minimum Gasteiger partial charge on any atom is -0.199 e. The fraction of sp³-hybridized carbons (Fsp3) is 0.324. The zero-order chi connectivity index (χ0) is 27.0. The van der Waals surface area contributed by atoms with Gasteiger partial charge in [-0.25, -0.2) is 11.1 Å². The first-order valence-electron chi connectivity index (χ1n) is 12.2. The largest absolute Gasteiger partial charge is 0.199 e. The molecule has 2 aliphatic carbocycles. The van der Waals surface area contributed by atoms with E-state index in [4.69, 9.17) is 0 Å². The molecular weight excluding hydrogens is 456 g/mol. The van der Waals surface area contributed by atoms with Crippen molar-refractivity contribution in [3.63, 3.8) is 0 Å². The van der Waals surface area contributed by atoms with Crippen molar-refractivity contribution in [3.05, 3.63) is 131 Å². The van der Waals surface area contributed by atoms with Crippen molar-refractivity contribution >= 4 is 4.31 Å². The first kappa shape index (κ1) is 32.7. The van der Waals surface area contributed by atoms with Crippen LogP contribution in [-0.2, 0) is 20.0 Å². The molecule has 2 aromatic carbocycles. The van der Waals surface area contributed by atoms with Gasteiger partial charge in [-0.05, 0) is 0 Å². The fourth-order valence-electron chi connectivity index (χ4n) is 3.28. The van der Waals surface area contributed by atoms with Gasteiger partial charge in [-0.2, -0.15) is 71.5 Å². The number of hydrogen-bond acceptors (Lipinski definition) is 0. The molecule has 35 heavy (non-hydrogen) atoms. The molecule has 0 amide bonds. The van der Waals surface area contributed by atoms with Crippen LogP contribution in [0.15, 0.2) is 94.1 Å². The molecular formula is C34H44Ti-4. The summed E-state index contributed by atoms with van der Waals surface area (Å²) in [7, 11) is 0. The van der Waals surface area contributed by atoms with Gasteiger partial charge in [0.1, 0.15) is 0 Å². The molecule has 0 spiro atoms. The molecule has 0 aliphatic heterocycles. The summed E-state index contributed by atoms with van der Waals surface area (Å²) in [6.45, 7) is 26.8. The normalized spacial score (nSPS) is 17.7. The molecule has 2 unspecified atom stereocenters. The summed E-state index contributed by atoms with van der Waals surface area (Å²) in [5.41, 5.74) is 10.6. The van der Waals surface area contributed by atoms with Crippen LogP contribution in [0.4, 0.5) is 0 Å². The molecule has 0 nitrogen and oxygen atoms in total. The van der Waals surface area contributed by atoms with E-state index in [-0.39, 0.29) is 0 Å². The van der Waals surface area contributed by atoms with Crippen molar-refractivity contribution < 1.29 is 20.0 Å². The van der Waals surface area contributed by atoms with Crippen LogP contribution < -0.4 is 0 Å². The van der Waals surface area contributed by atoms with Crippen LogP contribution >= 0.6 is 0 Å². The molecule has 0 bridgehead atoms. The van der Waals surface area contributed by atoms with Crippen molar-refractivity contribution in [3.8, 4) is 0 Å². The van der Waals surface area contributed by atoms with Gasteiger partial charge in [0.05, 0.1) is 0 Å². The zero-order valence-corrected chi connectivity index (χ0v) is 25.0. The summed E-state index contributed by atoms with van der Waals surface area (Å²) in [6, 6.07) is 19.7. The Balaban J connectivity index is 0.000000427. The van der Waals surface area contributed by atoms with Crippen LogP contribution in [0.25, 0.3) is 0 Å². The molecule has 2 aromatic rings. The maximum atomic E-state index is 3.72.